The smallest absolute Gasteiger partial charge is 0.387 e. The van der Waals surface area contributed by atoms with Crippen molar-refractivity contribution in [1.82, 2.24) is 0 Å². The number of hydrogen-bond acceptors (Lipinski definition) is 1. The van der Waals surface area contributed by atoms with Crippen molar-refractivity contribution in [2.75, 3.05) is 0 Å². The van der Waals surface area contributed by atoms with E-state index in [0.29, 0.717) is 27.6 Å². The maximum absolute atomic E-state index is 15.3. The van der Waals surface area contributed by atoms with Crippen molar-refractivity contribution in [3.8, 4) is 28.0 Å². The number of halogens is 4. The molecule has 0 radical (unpaired) electrons. The largest absolute Gasteiger partial charge is 0.435 e. The number of ether oxygens (including phenoxy) is 1. The minimum atomic E-state index is -2.92. The number of aryl methyl sites for hydroxylation is 1. The van der Waals surface area contributed by atoms with Crippen molar-refractivity contribution >= 4 is 10.8 Å². The third-order valence-electron chi connectivity index (χ3n) is 5.76. The van der Waals surface area contributed by atoms with Gasteiger partial charge in [0.05, 0.1) is 0 Å². The molecule has 0 aromatic heterocycles. The topological polar surface area (TPSA) is 9.23 Å². The summed E-state index contributed by atoms with van der Waals surface area (Å²) in [6, 6.07) is 19.5. The molecule has 0 fully saturated rings. The van der Waals surface area contributed by atoms with Crippen molar-refractivity contribution in [2.24, 2.45) is 0 Å². The highest BCUT2D eigenvalue weighted by molar-refractivity contribution is 5.89. The first-order valence-electron chi connectivity index (χ1n) is 11.0. The van der Waals surface area contributed by atoms with Gasteiger partial charge >= 0.3 is 6.61 Å². The molecule has 0 bridgehead atoms. The van der Waals surface area contributed by atoms with E-state index in [2.05, 4.69) is 11.7 Å². The van der Waals surface area contributed by atoms with Crippen LogP contribution >= 0.6 is 0 Å². The van der Waals surface area contributed by atoms with Crippen LogP contribution in [0.15, 0.2) is 72.8 Å². The van der Waals surface area contributed by atoms with E-state index in [1.165, 1.54) is 42.3 Å². The Morgan fingerprint density at radius 1 is 0.758 bits per heavy atom. The normalized spacial score (nSPS) is 11.3. The van der Waals surface area contributed by atoms with E-state index in [4.69, 9.17) is 0 Å². The first-order valence-corrected chi connectivity index (χ1v) is 11.0. The maximum atomic E-state index is 15.3. The van der Waals surface area contributed by atoms with Crippen molar-refractivity contribution < 1.29 is 22.3 Å². The predicted molar refractivity (Wildman–Crippen MR) is 125 cm³/mol. The molecular formula is C28H24F4O. The predicted octanol–water partition coefficient (Wildman–Crippen LogP) is 8.79. The summed E-state index contributed by atoms with van der Waals surface area (Å²) >= 11 is 0. The highest BCUT2D eigenvalue weighted by Gasteiger charge is 2.13. The van der Waals surface area contributed by atoms with Gasteiger partial charge in [0.15, 0.2) is 0 Å². The fourth-order valence-electron chi connectivity index (χ4n) is 4.03. The molecule has 0 spiro atoms. The van der Waals surface area contributed by atoms with Crippen LogP contribution in [0.3, 0.4) is 0 Å². The van der Waals surface area contributed by atoms with Gasteiger partial charge in [-0.15, -0.1) is 0 Å². The molecule has 0 atom stereocenters. The first-order chi connectivity index (χ1) is 16.0. The SMILES string of the molecule is CCCCCc1ccc2c(F)c(-c3ccc(-c4ccc(OC(F)F)cc4)c(F)c3)ccc2c1. The maximum Gasteiger partial charge on any atom is 0.387 e. The van der Waals surface area contributed by atoms with Crippen LogP contribution in [0.1, 0.15) is 31.7 Å². The highest BCUT2D eigenvalue weighted by atomic mass is 19.3. The second-order valence-corrected chi connectivity index (χ2v) is 8.04. The molecule has 0 amide bonds. The van der Waals surface area contributed by atoms with Crippen LogP contribution < -0.4 is 4.74 Å². The Labute approximate surface area is 190 Å². The Hall–Kier alpha value is -3.34. The van der Waals surface area contributed by atoms with Crippen LogP contribution in [0.25, 0.3) is 33.0 Å². The van der Waals surface area contributed by atoms with Crippen LogP contribution in [-0.2, 0) is 6.42 Å². The van der Waals surface area contributed by atoms with Gasteiger partial charge in [-0.25, -0.2) is 8.78 Å². The Balaban J connectivity index is 1.61. The van der Waals surface area contributed by atoms with Crippen LogP contribution in [0.5, 0.6) is 5.75 Å². The molecule has 0 aliphatic rings. The average Bonchev–Trinajstić information content (AvgIpc) is 2.80. The van der Waals surface area contributed by atoms with Crippen molar-refractivity contribution in [3.05, 3.63) is 90.0 Å². The van der Waals surface area contributed by atoms with Crippen LogP contribution in [-0.4, -0.2) is 6.61 Å². The van der Waals surface area contributed by atoms with Crippen molar-refractivity contribution in [1.29, 1.82) is 0 Å². The molecule has 4 aromatic rings. The highest BCUT2D eigenvalue weighted by Crippen LogP contribution is 2.33. The average molecular weight is 452 g/mol. The lowest BCUT2D eigenvalue weighted by molar-refractivity contribution is -0.0498. The molecule has 0 N–H and O–H groups in total. The number of fused-ring (bicyclic) bond motifs is 1. The second-order valence-electron chi connectivity index (χ2n) is 8.04. The zero-order valence-electron chi connectivity index (χ0n) is 18.3. The molecule has 1 nitrogen and oxygen atoms in total. The Bertz CT molecular complexity index is 1250. The van der Waals surface area contributed by atoms with E-state index in [1.807, 2.05) is 18.2 Å². The number of rotatable bonds is 8. The van der Waals surface area contributed by atoms with Gasteiger partial charge in [0.2, 0.25) is 0 Å². The fourth-order valence-corrected chi connectivity index (χ4v) is 4.03. The lowest BCUT2D eigenvalue weighted by atomic mass is 9.96. The molecule has 170 valence electrons. The molecule has 0 aliphatic carbocycles. The van der Waals surface area contributed by atoms with Crippen molar-refractivity contribution in [3.63, 3.8) is 0 Å². The third-order valence-corrected chi connectivity index (χ3v) is 5.76. The summed E-state index contributed by atoms with van der Waals surface area (Å²) in [6.07, 6.45) is 4.39. The van der Waals surface area contributed by atoms with E-state index in [1.54, 1.807) is 24.3 Å². The van der Waals surface area contributed by atoms with Gasteiger partial charge < -0.3 is 4.74 Å². The standard InChI is InChI=1S/C28H24F4O/c1-2-3-4-5-18-6-13-24-20(16-18)10-15-25(27(24)30)21-9-14-23(26(29)17-21)19-7-11-22(12-8-19)33-28(31)32/h6-17,28H,2-5H2,1H3. The molecular weight excluding hydrogens is 428 g/mol. The monoisotopic (exact) mass is 452 g/mol. The molecule has 4 aromatic carbocycles. The lowest BCUT2D eigenvalue weighted by Gasteiger charge is -2.11. The van der Waals surface area contributed by atoms with Crippen molar-refractivity contribution in [2.45, 2.75) is 39.2 Å². The number of unbranched alkanes of at least 4 members (excludes halogenated alkanes) is 2. The second kappa shape index (κ2) is 10.1. The van der Waals surface area contributed by atoms with Gasteiger partial charge in [0.25, 0.3) is 0 Å². The summed E-state index contributed by atoms with van der Waals surface area (Å²) < 4.78 is 59.2. The van der Waals surface area contributed by atoms with E-state index < -0.39 is 12.4 Å². The summed E-state index contributed by atoms with van der Waals surface area (Å²) in [5.41, 5.74) is 2.74. The van der Waals surface area contributed by atoms with Gasteiger partial charge in [-0.3, -0.25) is 0 Å². The van der Waals surface area contributed by atoms with Crippen LogP contribution in [0.4, 0.5) is 17.6 Å². The van der Waals surface area contributed by atoms with E-state index >= 15 is 4.39 Å². The van der Waals surface area contributed by atoms with E-state index in [9.17, 15) is 13.2 Å². The summed E-state index contributed by atoms with van der Waals surface area (Å²) in [5, 5.41) is 1.33. The molecule has 5 heteroatoms. The fraction of sp³-hybridized carbons (Fsp3) is 0.214. The summed E-state index contributed by atoms with van der Waals surface area (Å²) in [6.45, 7) is -0.759. The number of alkyl halides is 2. The quantitative estimate of drug-likeness (QED) is 0.192. The Morgan fingerprint density at radius 2 is 1.48 bits per heavy atom. The zero-order chi connectivity index (χ0) is 23.4. The first kappa shape index (κ1) is 22.8. The summed E-state index contributed by atoms with van der Waals surface area (Å²) in [5.74, 6) is -0.911. The molecule has 0 heterocycles. The van der Waals surface area contributed by atoms with Gasteiger partial charge in [-0.1, -0.05) is 74.4 Å². The Kier molecular flexibility index (Phi) is 6.97. The van der Waals surface area contributed by atoms with Gasteiger partial charge in [0, 0.05) is 16.5 Å². The zero-order valence-corrected chi connectivity index (χ0v) is 18.3. The summed E-state index contributed by atoms with van der Waals surface area (Å²) in [4.78, 5) is 0. The summed E-state index contributed by atoms with van der Waals surface area (Å²) in [7, 11) is 0. The number of benzene rings is 4. The molecule has 4 rings (SSSR count). The van der Waals surface area contributed by atoms with Gasteiger partial charge in [-0.2, -0.15) is 8.78 Å². The van der Waals surface area contributed by atoms with E-state index in [-0.39, 0.29) is 11.6 Å². The lowest BCUT2D eigenvalue weighted by Crippen LogP contribution is -2.01. The molecule has 0 saturated heterocycles. The Morgan fingerprint density at radius 3 is 2.18 bits per heavy atom. The third kappa shape index (κ3) is 5.19. The molecule has 0 saturated carbocycles. The number of hydrogen-bond donors (Lipinski definition) is 0. The van der Waals surface area contributed by atoms with Gasteiger partial charge in [0.1, 0.15) is 17.4 Å². The minimum Gasteiger partial charge on any atom is -0.435 e. The molecule has 0 aliphatic heterocycles. The van der Waals surface area contributed by atoms with Crippen LogP contribution in [0, 0.1) is 11.6 Å². The molecule has 33 heavy (non-hydrogen) atoms. The van der Waals surface area contributed by atoms with E-state index in [0.717, 1.165) is 24.6 Å². The minimum absolute atomic E-state index is 0.00228. The van der Waals surface area contributed by atoms with Crippen LogP contribution in [0.2, 0.25) is 0 Å². The van der Waals surface area contributed by atoms with Gasteiger partial charge in [-0.05, 0) is 53.1 Å². The molecule has 0 unspecified atom stereocenters.